The smallest absolute Gasteiger partial charge is 0.239 e. The van der Waals surface area contributed by atoms with Crippen LogP contribution in [-0.4, -0.2) is 42.0 Å². The van der Waals surface area contributed by atoms with Crippen LogP contribution < -0.4 is 15.8 Å². The lowest BCUT2D eigenvalue weighted by Gasteiger charge is -2.30. The van der Waals surface area contributed by atoms with Crippen molar-refractivity contribution >= 4 is 17.4 Å². The molecule has 6 nitrogen and oxygen atoms in total. The molecule has 20 heavy (non-hydrogen) atoms. The lowest BCUT2D eigenvalue weighted by Crippen LogP contribution is -2.43. The number of carbonyl (C=O) groups excluding carboxylic acids is 1. The molecule has 2 heterocycles. The second-order valence-corrected chi connectivity index (χ2v) is 5.09. The van der Waals surface area contributed by atoms with Gasteiger partial charge in [-0.05, 0) is 25.0 Å². The van der Waals surface area contributed by atoms with E-state index in [4.69, 9.17) is 10.5 Å². The minimum absolute atomic E-state index is 0.195. The van der Waals surface area contributed by atoms with E-state index in [1.807, 2.05) is 20.0 Å². The molecule has 1 fully saturated rings. The SMILES string of the molecule is CCCOc1nc(NC2CCC(=O)N(C)C2)ccc1N. The summed E-state index contributed by atoms with van der Waals surface area (Å²) in [6.45, 7) is 3.32. The molecular formula is C14H22N4O2. The summed E-state index contributed by atoms with van der Waals surface area (Å²) >= 11 is 0. The number of likely N-dealkylation sites (tertiary alicyclic amines) is 1. The quantitative estimate of drug-likeness (QED) is 0.853. The van der Waals surface area contributed by atoms with Gasteiger partial charge < -0.3 is 20.7 Å². The molecule has 1 unspecified atom stereocenters. The van der Waals surface area contributed by atoms with E-state index in [-0.39, 0.29) is 11.9 Å². The predicted octanol–water partition coefficient (Wildman–Crippen LogP) is 1.49. The molecule has 0 saturated carbocycles. The number of rotatable bonds is 5. The molecule has 1 amide bonds. The van der Waals surface area contributed by atoms with Crippen LogP contribution in [0.5, 0.6) is 5.88 Å². The summed E-state index contributed by atoms with van der Waals surface area (Å²) in [6, 6.07) is 3.84. The topological polar surface area (TPSA) is 80.5 Å². The Bertz CT molecular complexity index is 478. The second-order valence-electron chi connectivity index (χ2n) is 5.09. The average molecular weight is 278 g/mol. The van der Waals surface area contributed by atoms with Gasteiger partial charge in [-0.3, -0.25) is 4.79 Å². The molecule has 1 saturated heterocycles. The molecule has 2 rings (SSSR count). The predicted molar refractivity (Wildman–Crippen MR) is 78.7 cm³/mol. The first-order valence-corrected chi connectivity index (χ1v) is 7.00. The van der Waals surface area contributed by atoms with E-state index in [1.54, 1.807) is 11.0 Å². The first-order chi connectivity index (χ1) is 9.60. The largest absolute Gasteiger partial charge is 0.476 e. The summed E-state index contributed by atoms with van der Waals surface area (Å²) in [5.41, 5.74) is 6.38. The first kappa shape index (κ1) is 14.4. The molecule has 0 bridgehead atoms. The summed E-state index contributed by atoms with van der Waals surface area (Å²) in [6.07, 6.45) is 2.30. The summed E-state index contributed by atoms with van der Waals surface area (Å²) in [7, 11) is 1.82. The molecule has 1 aromatic rings. The Hall–Kier alpha value is -1.98. The number of hydrogen-bond donors (Lipinski definition) is 2. The van der Waals surface area contributed by atoms with Gasteiger partial charge in [-0.25, -0.2) is 0 Å². The van der Waals surface area contributed by atoms with Crippen LogP contribution in [0, 0.1) is 0 Å². The Morgan fingerprint density at radius 1 is 1.55 bits per heavy atom. The summed E-state index contributed by atoms with van der Waals surface area (Å²) in [5, 5.41) is 3.34. The molecule has 0 aromatic carbocycles. The highest BCUT2D eigenvalue weighted by Crippen LogP contribution is 2.22. The van der Waals surface area contributed by atoms with Crippen LogP contribution in [0.2, 0.25) is 0 Å². The van der Waals surface area contributed by atoms with Crippen molar-refractivity contribution in [2.24, 2.45) is 0 Å². The number of ether oxygens (including phenoxy) is 1. The van der Waals surface area contributed by atoms with Crippen molar-refractivity contribution in [3.63, 3.8) is 0 Å². The highest BCUT2D eigenvalue weighted by atomic mass is 16.5. The lowest BCUT2D eigenvalue weighted by atomic mass is 10.1. The van der Waals surface area contributed by atoms with Crippen LogP contribution in [0.15, 0.2) is 12.1 Å². The van der Waals surface area contributed by atoms with Gasteiger partial charge in [-0.2, -0.15) is 4.98 Å². The van der Waals surface area contributed by atoms with Gasteiger partial charge in [-0.1, -0.05) is 6.92 Å². The van der Waals surface area contributed by atoms with E-state index in [0.717, 1.165) is 18.7 Å². The average Bonchev–Trinajstić information content (AvgIpc) is 2.43. The van der Waals surface area contributed by atoms with Gasteiger partial charge in [0.2, 0.25) is 11.8 Å². The van der Waals surface area contributed by atoms with Gasteiger partial charge in [0.05, 0.1) is 12.3 Å². The summed E-state index contributed by atoms with van der Waals surface area (Å²) in [5.74, 6) is 1.40. The molecule has 0 radical (unpaired) electrons. The van der Waals surface area contributed by atoms with Crippen molar-refractivity contribution in [3.8, 4) is 5.88 Å². The Labute approximate surface area is 119 Å². The Kier molecular flexibility index (Phi) is 4.65. The normalized spacial score (nSPS) is 19.0. The number of amides is 1. The monoisotopic (exact) mass is 278 g/mol. The number of carbonyl (C=O) groups is 1. The van der Waals surface area contributed by atoms with Crippen LogP contribution in [0.25, 0.3) is 0 Å². The fourth-order valence-corrected chi connectivity index (χ4v) is 2.19. The number of nitrogen functional groups attached to an aromatic ring is 1. The third-order valence-electron chi connectivity index (χ3n) is 3.31. The molecular weight excluding hydrogens is 256 g/mol. The van der Waals surface area contributed by atoms with Crippen LogP contribution in [0.1, 0.15) is 26.2 Å². The fraction of sp³-hybridized carbons (Fsp3) is 0.571. The zero-order valence-corrected chi connectivity index (χ0v) is 12.1. The lowest BCUT2D eigenvalue weighted by molar-refractivity contribution is -0.132. The number of nitrogens with one attached hydrogen (secondary N) is 1. The molecule has 0 spiro atoms. The van der Waals surface area contributed by atoms with Crippen molar-refractivity contribution < 1.29 is 9.53 Å². The number of likely N-dealkylation sites (N-methyl/N-ethyl adjacent to an activating group) is 1. The van der Waals surface area contributed by atoms with Gasteiger partial charge in [0.1, 0.15) is 5.82 Å². The molecule has 1 aromatic heterocycles. The number of anilines is 2. The highest BCUT2D eigenvalue weighted by molar-refractivity contribution is 5.77. The minimum Gasteiger partial charge on any atom is -0.476 e. The summed E-state index contributed by atoms with van der Waals surface area (Å²) in [4.78, 5) is 17.6. The third kappa shape index (κ3) is 3.53. The summed E-state index contributed by atoms with van der Waals surface area (Å²) < 4.78 is 5.51. The Balaban J connectivity index is 2.00. The Morgan fingerprint density at radius 2 is 2.35 bits per heavy atom. The van der Waals surface area contributed by atoms with Gasteiger partial charge in [0, 0.05) is 26.1 Å². The van der Waals surface area contributed by atoms with Gasteiger partial charge in [0.25, 0.3) is 0 Å². The number of hydrogen-bond acceptors (Lipinski definition) is 5. The van der Waals surface area contributed by atoms with Crippen LogP contribution in [0.4, 0.5) is 11.5 Å². The number of piperidine rings is 1. The standard InChI is InChI=1S/C14H22N4O2/c1-3-8-20-14-11(15)5-6-12(17-14)16-10-4-7-13(19)18(2)9-10/h5-6,10H,3-4,7-9,15H2,1-2H3,(H,16,17). The van der Waals surface area contributed by atoms with E-state index < -0.39 is 0 Å². The van der Waals surface area contributed by atoms with Crippen LogP contribution in [0.3, 0.4) is 0 Å². The van der Waals surface area contributed by atoms with E-state index in [0.29, 0.717) is 31.1 Å². The molecule has 1 aliphatic heterocycles. The number of aromatic nitrogens is 1. The molecule has 110 valence electrons. The van der Waals surface area contributed by atoms with Crippen molar-refractivity contribution in [1.29, 1.82) is 0 Å². The van der Waals surface area contributed by atoms with Crippen molar-refractivity contribution in [3.05, 3.63) is 12.1 Å². The number of nitrogens with two attached hydrogens (primary N) is 1. The van der Waals surface area contributed by atoms with Gasteiger partial charge in [0.15, 0.2) is 0 Å². The third-order valence-corrected chi connectivity index (χ3v) is 3.31. The number of nitrogens with zero attached hydrogens (tertiary/aromatic N) is 2. The van der Waals surface area contributed by atoms with E-state index in [1.165, 1.54) is 0 Å². The maximum Gasteiger partial charge on any atom is 0.239 e. The fourth-order valence-electron chi connectivity index (χ4n) is 2.19. The van der Waals surface area contributed by atoms with Gasteiger partial charge >= 0.3 is 0 Å². The van der Waals surface area contributed by atoms with Crippen molar-refractivity contribution in [2.75, 3.05) is 31.2 Å². The first-order valence-electron chi connectivity index (χ1n) is 7.00. The zero-order chi connectivity index (χ0) is 14.5. The van der Waals surface area contributed by atoms with Crippen molar-refractivity contribution in [1.82, 2.24) is 9.88 Å². The van der Waals surface area contributed by atoms with E-state index in [9.17, 15) is 4.79 Å². The zero-order valence-electron chi connectivity index (χ0n) is 12.1. The second kappa shape index (κ2) is 6.45. The molecule has 6 heteroatoms. The molecule has 0 aliphatic carbocycles. The maximum absolute atomic E-state index is 11.5. The molecule has 1 aliphatic rings. The van der Waals surface area contributed by atoms with Crippen LogP contribution >= 0.6 is 0 Å². The minimum atomic E-state index is 0.195. The molecule has 3 N–H and O–H groups in total. The molecule has 1 atom stereocenters. The highest BCUT2D eigenvalue weighted by Gasteiger charge is 2.23. The van der Waals surface area contributed by atoms with E-state index in [2.05, 4.69) is 10.3 Å². The van der Waals surface area contributed by atoms with Gasteiger partial charge in [-0.15, -0.1) is 0 Å². The maximum atomic E-state index is 11.5. The Morgan fingerprint density at radius 3 is 3.05 bits per heavy atom. The number of pyridine rings is 1. The van der Waals surface area contributed by atoms with Crippen molar-refractivity contribution in [2.45, 2.75) is 32.2 Å². The van der Waals surface area contributed by atoms with E-state index >= 15 is 0 Å². The van der Waals surface area contributed by atoms with Crippen LogP contribution in [-0.2, 0) is 4.79 Å².